The van der Waals surface area contributed by atoms with Crippen LogP contribution in [0.5, 0.6) is 5.75 Å². The molecular weight excluding hydrogens is 282 g/mol. The maximum absolute atomic E-state index is 9.37. The van der Waals surface area contributed by atoms with E-state index in [-0.39, 0.29) is 5.75 Å². The second-order valence-electron chi connectivity index (χ2n) is 3.65. The second kappa shape index (κ2) is 3.89. The van der Waals surface area contributed by atoms with Gasteiger partial charge >= 0.3 is 0 Å². The summed E-state index contributed by atoms with van der Waals surface area (Å²) in [5, 5.41) is 9.37. The molecule has 0 unspecified atom stereocenters. The first-order chi connectivity index (χ1) is 8.24. The Hall–Kier alpha value is -1.81. The third-order valence-electron chi connectivity index (χ3n) is 2.48. The monoisotopic (exact) mass is 289 g/mol. The first kappa shape index (κ1) is 10.4. The summed E-state index contributed by atoms with van der Waals surface area (Å²) >= 11 is 3.46. The van der Waals surface area contributed by atoms with Gasteiger partial charge in [0.25, 0.3) is 0 Å². The number of phenolic OH excluding ortho intramolecular Hbond substituents is 1. The van der Waals surface area contributed by atoms with Crippen molar-refractivity contribution < 1.29 is 9.52 Å². The largest absolute Gasteiger partial charge is 0.508 e. The fourth-order valence-corrected chi connectivity index (χ4v) is 2.12. The Morgan fingerprint density at radius 2 is 1.94 bits per heavy atom. The molecule has 1 heterocycles. The fourth-order valence-electron chi connectivity index (χ4n) is 1.66. The smallest absolute Gasteiger partial charge is 0.228 e. The van der Waals surface area contributed by atoms with Crippen molar-refractivity contribution in [2.45, 2.75) is 0 Å². The van der Waals surface area contributed by atoms with E-state index in [0.717, 1.165) is 15.6 Å². The number of hydrogen-bond acceptors (Lipinski definition) is 3. The number of benzene rings is 2. The Morgan fingerprint density at radius 1 is 1.12 bits per heavy atom. The molecule has 0 aliphatic rings. The van der Waals surface area contributed by atoms with Crippen LogP contribution in [-0.2, 0) is 0 Å². The highest BCUT2D eigenvalue weighted by Crippen LogP contribution is 2.30. The molecule has 0 fully saturated rings. The maximum Gasteiger partial charge on any atom is 0.228 e. The van der Waals surface area contributed by atoms with Crippen molar-refractivity contribution in [3.05, 3.63) is 46.9 Å². The van der Waals surface area contributed by atoms with E-state index in [4.69, 9.17) is 4.42 Å². The first-order valence-electron chi connectivity index (χ1n) is 5.08. The lowest BCUT2D eigenvalue weighted by Gasteiger charge is -1.97. The van der Waals surface area contributed by atoms with Gasteiger partial charge in [-0.3, -0.25) is 0 Å². The Balaban J connectivity index is 2.22. The molecule has 17 heavy (non-hydrogen) atoms. The van der Waals surface area contributed by atoms with Crippen molar-refractivity contribution in [3.8, 4) is 17.2 Å². The molecule has 0 saturated carbocycles. The molecule has 1 aromatic heterocycles. The number of nitrogens with zero attached hydrogens (tertiary/aromatic N) is 1. The Bertz CT molecular complexity index is 691. The molecule has 2 aromatic carbocycles. The van der Waals surface area contributed by atoms with Crippen LogP contribution in [-0.4, -0.2) is 10.1 Å². The van der Waals surface area contributed by atoms with Crippen LogP contribution in [0.4, 0.5) is 0 Å². The van der Waals surface area contributed by atoms with E-state index in [9.17, 15) is 5.11 Å². The predicted octanol–water partition coefficient (Wildman–Crippen LogP) is 3.96. The molecule has 0 aliphatic carbocycles. The highest BCUT2D eigenvalue weighted by atomic mass is 79.9. The van der Waals surface area contributed by atoms with Crippen LogP contribution >= 0.6 is 15.9 Å². The molecule has 0 saturated heterocycles. The summed E-state index contributed by atoms with van der Waals surface area (Å²) < 4.78 is 6.54. The molecular formula is C13H8BrNO2. The van der Waals surface area contributed by atoms with Gasteiger partial charge in [-0.1, -0.05) is 12.1 Å². The highest BCUT2D eigenvalue weighted by molar-refractivity contribution is 9.10. The normalized spacial score (nSPS) is 10.9. The lowest BCUT2D eigenvalue weighted by atomic mass is 10.2. The topological polar surface area (TPSA) is 46.3 Å². The van der Waals surface area contributed by atoms with Gasteiger partial charge in [0.05, 0.1) is 5.56 Å². The van der Waals surface area contributed by atoms with Crippen LogP contribution < -0.4 is 0 Å². The van der Waals surface area contributed by atoms with Crippen LogP contribution in [0.15, 0.2) is 51.4 Å². The standard InChI is InChI=1S/C13H8BrNO2/c14-10-4-2-1-3-9(10)13-15-11-6-5-8(16)7-12(11)17-13/h1-7,16H. The van der Waals surface area contributed by atoms with Gasteiger partial charge in [-0.05, 0) is 40.2 Å². The van der Waals surface area contributed by atoms with E-state index in [0.29, 0.717) is 11.5 Å². The lowest BCUT2D eigenvalue weighted by Crippen LogP contribution is -1.77. The number of halogens is 1. The van der Waals surface area contributed by atoms with Crippen LogP contribution in [0.1, 0.15) is 0 Å². The van der Waals surface area contributed by atoms with E-state index in [1.807, 2.05) is 24.3 Å². The summed E-state index contributed by atoms with van der Waals surface area (Å²) in [6.45, 7) is 0. The van der Waals surface area contributed by atoms with Gasteiger partial charge < -0.3 is 9.52 Å². The molecule has 1 N–H and O–H groups in total. The second-order valence-corrected chi connectivity index (χ2v) is 4.51. The molecule has 0 aliphatic heterocycles. The summed E-state index contributed by atoms with van der Waals surface area (Å²) in [6, 6.07) is 12.6. The van der Waals surface area contributed by atoms with Crippen molar-refractivity contribution >= 4 is 27.0 Å². The molecule has 4 heteroatoms. The van der Waals surface area contributed by atoms with Crippen LogP contribution in [0.3, 0.4) is 0 Å². The van der Waals surface area contributed by atoms with E-state index < -0.39 is 0 Å². The molecule has 0 bridgehead atoms. The van der Waals surface area contributed by atoms with Gasteiger partial charge in [0.1, 0.15) is 11.3 Å². The Kier molecular flexibility index (Phi) is 2.37. The zero-order chi connectivity index (χ0) is 11.8. The Labute approximate surface area is 106 Å². The number of oxazole rings is 1. The minimum atomic E-state index is 0.173. The summed E-state index contributed by atoms with van der Waals surface area (Å²) in [5.41, 5.74) is 2.20. The number of phenols is 1. The fraction of sp³-hybridized carbons (Fsp3) is 0. The van der Waals surface area contributed by atoms with Crippen LogP contribution in [0.25, 0.3) is 22.6 Å². The van der Waals surface area contributed by atoms with Gasteiger partial charge in [0.2, 0.25) is 5.89 Å². The molecule has 3 nitrogen and oxygen atoms in total. The van der Waals surface area contributed by atoms with Gasteiger partial charge in [0.15, 0.2) is 5.58 Å². The van der Waals surface area contributed by atoms with Crippen molar-refractivity contribution in [1.29, 1.82) is 0 Å². The first-order valence-corrected chi connectivity index (χ1v) is 5.88. The number of aromatic nitrogens is 1. The van der Waals surface area contributed by atoms with Gasteiger partial charge in [-0.2, -0.15) is 0 Å². The average molecular weight is 290 g/mol. The van der Waals surface area contributed by atoms with Crippen molar-refractivity contribution in [2.24, 2.45) is 0 Å². The van der Waals surface area contributed by atoms with Crippen LogP contribution in [0, 0.1) is 0 Å². The van der Waals surface area contributed by atoms with Crippen molar-refractivity contribution in [2.75, 3.05) is 0 Å². The van der Waals surface area contributed by atoms with Crippen LogP contribution in [0.2, 0.25) is 0 Å². The van der Waals surface area contributed by atoms with Gasteiger partial charge in [-0.25, -0.2) is 4.98 Å². The molecule has 0 radical (unpaired) electrons. The molecule has 0 amide bonds. The Morgan fingerprint density at radius 3 is 2.76 bits per heavy atom. The zero-order valence-electron chi connectivity index (χ0n) is 8.72. The summed E-state index contributed by atoms with van der Waals surface area (Å²) in [6.07, 6.45) is 0. The number of hydrogen-bond donors (Lipinski definition) is 1. The third kappa shape index (κ3) is 1.80. The summed E-state index contributed by atoms with van der Waals surface area (Å²) in [5.74, 6) is 0.713. The summed E-state index contributed by atoms with van der Waals surface area (Å²) in [7, 11) is 0. The zero-order valence-corrected chi connectivity index (χ0v) is 10.3. The quantitative estimate of drug-likeness (QED) is 0.737. The summed E-state index contributed by atoms with van der Waals surface area (Å²) in [4.78, 5) is 4.38. The lowest BCUT2D eigenvalue weighted by molar-refractivity contribution is 0.474. The van der Waals surface area contributed by atoms with E-state index in [1.54, 1.807) is 18.2 Å². The molecule has 0 atom stereocenters. The predicted molar refractivity (Wildman–Crippen MR) is 68.8 cm³/mol. The highest BCUT2D eigenvalue weighted by Gasteiger charge is 2.10. The number of fused-ring (bicyclic) bond motifs is 1. The molecule has 3 rings (SSSR count). The number of aromatic hydroxyl groups is 1. The third-order valence-corrected chi connectivity index (χ3v) is 3.17. The molecule has 0 spiro atoms. The van der Waals surface area contributed by atoms with Gasteiger partial charge in [0, 0.05) is 10.5 Å². The minimum Gasteiger partial charge on any atom is -0.508 e. The average Bonchev–Trinajstić information content (AvgIpc) is 2.72. The van der Waals surface area contributed by atoms with E-state index >= 15 is 0 Å². The van der Waals surface area contributed by atoms with E-state index in [2.05, 4.69) is 20.9 Å². The van der Waals surface area contributed by atoms with Crippen molar-refractivity contribution in [1.82, 2.24) is 4.98 Å². The van der Waals surface area contributed by atoms with E-state index in [1.165, 1.54) is 0 Å². The SMILES string of the molecule is Oc1ccc2nc(-c3ccccc3Br)oc2c1. The number of rotatable bonds is 1. The minimum absolute atomic E-state index is 0.173. The molecule has 3 aromatic rings. The maximum atomic E-state index is 9.37. The van der Waals surface area contributed by atoms with Gasteiger partial charge in [-0.15, -0.1) is 0 Å². The molecule has 84 valence electrons. The van der Waals surface area contributed by atoms with Crippen molar-refractivity contribution in [3.63, 3.8) is 0 Å².